The molecule has 0 aliphatic rings. The van der Waals surface area contributed by atoms with E-state index in [9.17, 15) is 4.39 Å². The van der Waals surface area contributed by atoms with E-state index in [1.165, 1.54) is 12.1 Å². The summed E-state index contributed by atoms with van der Waals surface area (Å²) in [5.74, 6) is -0.456. The Hall–Kier alpha value is -0.890. The molecular weight excluding hydrogens is 153 g/mol. The van der Waals surface area contributed by atoms with Crippen molar-refractivity contribution in [3.63, 3.8) is 0 Å². The van der Waals surface area contributed by atoms with Crippen LogP contribution < -0.4 is 0 Å². The third-order valence-corrected chi connectivity index (χ3v) is 1.31. The number of hydrogen-bond acceptors (Lipinski definition) is 1. The Morgan fingerprint density at radius 1 is 1.40 bits per heavy atom. The zero-order valence-electron chi connectivity index (χ0n) is 5.07. The standard InChI is InChI=1S/C7H5ClFN/c8-7(10)5-3-1-2-4-6(5)9/h1-4,10H. The van der Waals surface area contributed by atoms with Crippen molar-refractivity contribution >= 4 is 16.8 Å². The largest absolute Gasteiger partial charge is 0.289 e. The quantitative estimate of drug-likeness (QED) is 0.606. The van der Waals surface area contributed by atoms with Crippen molar-refractivity contribution in [2.24, 2.45) is 0 Å². The van der Waals surface area contributed by atoms with E-state index in [-0.39, 0.29) is 10.7 Å². The lowest BCUT2D eigenvalue weighted by molar-refractivity contribution is 0.625. The minimum atomic E-state index is -0.456. The lowest BCUT2D eigenvalue weighted by atomic mass is 10.2. The maximum Gasteiger partial charge on any atom is 0.133 e. The highest BCUT2D eigenvalue weighted by atomic mass is 35.5. The van der Waals surface area contributed by atoms with Gasteiger partial charge in [-0.15, -0.1) is 0 Å². The molecule has 0 aliphatic heterocycles. The molecule has 0 radical (unpaired) electrons. The van der Waals surface area contributed by atoms with Gasteiger partial charge in [-0.3, -0.25) is 5.41 Å². The molecule has 1 N–H and O–H groups in total. The first-order valence-electron chi connectivity index (χ1n) is 2.71. The molecule has 0 heterocycles. The molecule has 1 aromatic carbocycles. The topological polar surface area (TPSA) is 23.9 Å². The summed E-state index contributed by atoms with van der Waals surface area (Å²) in [5.41, 5.74) is 0.143. The maximum atomic E-state index is 12.6. The molecule has 0 saturated carbocycles. The van der Waals surface area contributed by atoms with Gasteiger partial charge in [0.15, 0.2) is 0 Å². The van der Waals surface area contributed by atoms with Crippen LogP contribution in [0.15, 0.2) is 24.3 Å². The second-order valence-corrected chi connectivity index (χ2v) is 2.17. The molecule has 0 fully saturated rings. The van der Waals surface area contributed by atoms with E-state index in [0.29, 0.717) is 0 Å². The number of nitrogens with one attached hydrogen (secondary N) is 1. The van der Waals surface area contributed by atoms with E-state index in [2.05, 4.69) is 0 Å². The van der Waals surface area contributed by atoms with Crippen molar-refractivity contribution in [2.45, 2.75) is 0 Å². The SMILES string of the molecule is N=C(Cl)c1ccccc1F. The predicted octanol–water partition coefficient (Wildman–Crippen LogP) is 2.39. The highest BCUT2D eigenvalue weighted by Crippen LogP contribution is 2.08. The van der Waals surface area contributed by atoms with Crippen molar-refractivity contribution < 1.29 is 4.39 Å². The van der Waals surface area contributed by atoms with Crippen molar-refractivity contribution in [1.29, 1.82) is 5.41 Å². The monoisotopic (exact) mass is 157 g/mol. The molecule has 1 rings (SSSR count). The number of benzene rings is 1. The van der Waals surface area contributed by atoms with E-state index in [1.54, 1.807) is 12.1 Å². The summed E-state index contributed by atoms with van der Waals surface area (Å²) in [5, 5.41) is 6.64. The average Bonchev–Trinajstić information content (AvgIpc) is 1.88. The van der Waals surface area contributed by atoms with Gasteiger partial charge in [0.1, 0.15) is 11.0 Å². The van der Waals surface area contributed by atoms with Crippen molar-refractivity contribution in [1.82, 2.24) is 0 Å². The minimum Gasteiger partial charge on any atom is -0.289 e. The lowest BCUT2D eigenvalue weighted by Gasteiger charge is -1.95. The summed E-state index contributed by atoms with van der Waals surface area (Å²) in [6, 6.07) is 5.92. The van der Waals surface area contributed by atoms with Crippen molar-refractivity contribution in [3.8, 4) is 0 Å². The van der Waals surface area contributed by atoms with Crippen LogP contribution in [0.4, 0.5) is 4.39 Å². The Morgan fingerprint density at radius 3 is 2.40 bits per heavy atom. The zero-order valence-corrected chi connectivity index (χ0v) is 5.82. The summed E-state index contributed by atoms with van der Waals surface area (Å²) in [6.07, 6.45) is 0. The summed E-state index contributed by atoms with van der Waals surface area (Å²) in [6.45, 7) is 0. The zero-order chi connectivity index (χ0) is 7.56. The first-order chi connectivity index (χ1) is 4.72. The van der Waals surface area contributed by atoms with E-state index >= 15 is 0 Å². The fraction of sp³-hybridized carbons (Fsp3) is 0. The highest BCUT2D eigenvalue weighted by Gasteiger charge is 2.01. The van der Waals surface area contributed by atoms with Gasteiger partial charge >= 0.3 is 0 Å². The summed E-state index contributed by atoms with van der Waals surface area (Å²) < 4.78 is 12.6. The molecule has 10 heavy (non-hydrogen) atoms. The fourth-order valence-corrected chi connectivity index (χ4v) is 0.792. The van der Waals surface area contributed by atoms with Crippen LogP contribution in [-0.2, 0) is 0 Å². The molecule has 3 heteroatoms. The van der Waals surface area contributed by atoms with E-state index in [1.807, 2.05) is 0 Å². The van der Waals surface area contributed by atoms with Gasteiger partial charge in [-0.1, -0.05) is 23.7 Å². The molecular formula is C7H5ClFN. The van der Waals surface area contributed by atoms with Gasteiger partial charge in [0, 0.05) is 5.56 Å². The molecule has 1 aromatic rings. The van der Waals surface area contributed by atoms with Gasteiger partial charge < -0.3 is 0 Å². The Kier molecular flexibility index (Phi) is 2.02. The molecule has 0 amide bonds. The number of rotatable bonds is 1. The average molecular weight is 158 g/mol. The van der Waals surface area contributed by atoms with Crippen LogP contribution in [0.2, 0.25) is 0 Å². The van der Waals surface area contributed by atoms with Gasteiger partial charge in [-0.05, 0) is 12.1 Å². The van der Waals surface area contributed by atoms with E-state index in [4.69, 9.17) is 17.0 Å². The van der Waals surface area contributed by atoms with Gasteiger partial charge in [0.05, 0.1) is 0 Å². The first kappa shape index (κ1) is 7.22. The van der Waals surface area contributed by atoms with Gasteiger partial charge in [-0.2, -0.15) is 0 Å². The highest BCUT2D eigenvalue weighted by molar-refractivity contribution is 6.68. The summed E-state index contributed by atoms with van der Waals surface area (Å²) in [4.78, 5) is 0. The molecule has 0 aromatic heterocycles. The third-order valence-electron chi connectivity index (χ3n) is 1.11. The molecule has 0 spiro atoms. The molecule has 0 unspecified atom stereocenters. The van der Waals surface area contributed by atoms with E-state index < -0.39 is 5.82 Å². The van der Waals surface area contributed by atoms with Crippen molar-refractivity contribution in [2.75, 3.05) is 0 Å². The van der Waals surface area contributed by atoms with Crippen LogP contribution in [0.25, 0.3) is 0 Å². The van der Waals surface area contributed by atoms with Gasteiger partial charge in [-0.25, -0.2) is 4.39 Å². The molecule has 0 aliphatic carbocycles. The fourth-order valence-electron chi connectivity index (χ4n) is 0.639. The first-order valence-corrected chi connectivity index (χ1v) is 3.08. The van der Waals surface area contributed by atoms with Crippen LogP contribution in [0.3, 0.4) is 0 Å². The Labute approximate surface area is 63.0 Å². The van der Waals surface area contributed by atoms with Crippen LogP contribution >= 0.6 is 11.6 Å². The van der Waals surface area contributed by atoms with Crippen molar-refractivity contribution in [3.05, 3.63) is 35.6 Å². The second kappa shape index (κ2) is 2.80. The summed E-state index contributed by atoms with van der Waals surface area (Å²) >= 11 is 5.25. The molecule has 0 saturated heterocycles. The van der Waals surface area contributed by atoms with Crippen LogP contribution in [-0.4, -0.2) is 5.17 Å². The number of halogens is 2. The molecule has 52 valence electrons. The van der Waals surface area contributed by atoms with E-state index in [0.717, 1.165) is 0 Å². The predicted molar refractivity (Wildman–Crippen MR) is 39.1 cm³/mol. The minimum absolute atomic E-state index is 0.143. The van der Waals surface area contributed by atoms with Crippen LogP contribution in [0.1, 0.15) is 5.56 Å². The van der Waals surface area contributed by atoms with Gasteiger partial charge in [0.2, 0.25) is 0 Å². The second-order valence-electron chi connectivity index (χ2n) is 1.79. The smallest absolute Gasteiger partial charge is 0.133 e. The molecule has 0 bridgehead atoms. The third kappa shape index (κ3) is 1.33. The normalized spacial score (nSPS) is 9.40. The van der Waals surface area contributed by atoms with Crippen LogP contribution in [0, 0.1) is 11.2 Å². The Bertz CT molecular complexity index is 260. The Balaban J connectivity index is 3.15. The lowest BCUT2D eigenvalue weighted by Crippen LogP contribution is -1.92. The number of hydrogen-bond donors (Lipinski definition) is 1. The van der Waals surface area contributed by atoms with Crippen LogP contribution in [0.5, 0.6) is 0 Å². The maximum absolute atomic E-state index is 12.6. The van der Waals surface area contributed by atoms with Gasteiger partial charge in [0.25, 0.3) is 0 Å². The molecule has 0 atom stereocenters. The summed E-state index contributed by atoms with van der Waals surface area (Å²) in [7, 11) is 0. The Morgan fingerprint density at radius 2 is 2.00 bits per heavy atom. The molecule has 1 nitrogen and oxygen atoms in total.